The van der Waals surface area contributed by atoms with Crippen LogP contribution in [-0.4, -0.2) is 35.1 Å². The normalized spacial score (nSPS) is 10.6. The van der Waals surface area contributed by atoms with Crippen LogP contribution in [0.4, 0.5) is 9.59 Å². The minimum absolute atomic E-state index is 0.0384. The summed E-state index contributed by atoms with van der Waals surface area (Å²) in [6.45, 7) is 1.38. The standard InChI is InChI=1S/C20H17N3O7/c1-11(17(24)30-20(28)23-19(26)27)10-12-2-4-14(5-3-12)18(25)29-15-8-6-13(7-9-15)16(21)22/h2-10H,1H3,(H3,21,22)(H,23,28)(H,26,27). The molecular formula is C20H17N3O7. The van der Waals surface area contributed by atoms with E-state index in [4.69, 9.17) is 21.0 Å². The molecule has 0 aromatic heterocycles. The van der Waals surface area contributed by atoms with E-state index in [1.165, 1.54) is 42.6 Å². The average molecular weight is 411 g/mol. The number of nitrogens with two attached hydrogens (primary N) is 1. The summed E-state index contributed by atoms with van der Waals surface area (Å²) < 4.78 is 9.55. The number of hydrogen-bond donors (Lipinski definition) is 4. The molecule has 0 spiro atoms. The van der Waals surface area contributed by atoms with Gasteiger partial charge in [-0.2, -0.15) is 0 Å². The first-order valence-electron chi connectivity index (χ1n) is 8.37. The van der Waals surface area contributed by atoms with Gasteiger partial charge in [-0.15, -0.1) is 0 Å². The van der Waals surface area contributed by atoms with Gasteiger partial charge < -0.3 is 20.3 Å². The Balaban J connectivity index is 2.01. The van der Waals surface area contributed by atoms with Crippen molar-refractivity contribution >= 4 is 36.0 Å². The molecule has 0 aliphatic heterocycles. The molecule has 5 N–H and O–H groups in total. The number of ether oxygens (including phenoxy) is 2. The van der Waals surface area contributed by atoms with E-state index in [1.54, 1.807) is 24.3 Å². The average Bonchev–Trinajstić information content (AvgIpc) is 2.68. The predicted octanol–water partition coefficient (Wildman–Crippen LogP) is 2.52. The highest BCUT2D eigenvalue weighted by atomic mass is 16.6. The fraction of sp³-hybridized carbons (Fsp3) is 0.0500. The summed E-state index contributed by atoms with van der Waals surface area (Å²) in [7, 11) is 0. The molecule has 0 saturated carbocycles. The monoisotopic (exact) mass is 411 g/mol. The smallest absolute Gasteiger partial charge is 0.424 e. The first-order valence-corrected chi connectivity index (χ1v) is 8.37. The summed E-state index contributed by atoms with van der Waals surface area (Å²) in [5, 5.41) is 17.1. The Bertz CT molecular complexity index is 1030. The van der Waals surface area contributed by atoms with Crippen molar-refractivity contribution in [2.45, 2.75) is 6.92 Å². The Hall–Kier alpha value is -4.47. The van der Waals surface area contributed by atoms with Crippen LogP contribution < -0.4 is 15.8 Å². The van der Waals surface area contributed by atoms with E-state index in [1.807, 2.05) is 0 Å². The number of rotatable bonds is 5. The molecule has 0 unspecified atom stereocenters. The van der Waals surface area contributed by atoms with Gasteiger partial charge in [0.1, 0.15) is 11.6 Å². The van der Waals surface area contributed by atoms with Crippen molar-refractivity contribution < 1.29 is 33.8 Å². The summed E-state index contributed by atoms with van der Waals surface area (Å²) in [5.41, 5.74) is 6.69. The quantitative estimate of drug-likeness (QED) is 0.145. The topological polar surface area (TPSA) is 169 Å². The van der Waals surface area contributed by atoms with Gasteiger partial charge in [-0.1, -0.05) is 12.1 Å². The second-order valence-corrected chi connectivity index (χ2v) is 5.88. The van der Waals surface area contributed by atoms with Crippen LogP contribution in [0.3, 0.4) is 0 Å². The Morgan fingerprint density at radius 3 is 2.10 bits per heavy atom. The van der Waals surface area contributed by atoms with E-state index in [-0.39, 0.29) is 22.7 Å². The molecule has 0 radical (unpaired) electrons. The van der Waals surface area contributed by atoms with Crippen molar-refractivity contribution in [3.63, 3.8) is 0 Å². The number of hydrogen-bond acceptors (Lipinski definition) is 7. The molecule has 10 heteroatoms. The van der Waals surface area contributed by atoms with Gasteiger partial charge in [0.25, 0.3) is 0 Å². The highest BCUT2D eigenvalue weighted by molar-refractivity contribution is 6.01. The molecule has 2 rings (SSSR count). The fourth-order valence-electron chi connectivity index (χ4n) is 2.17. The van der Waals surface area contributed by atoms with Gasteiger partial charge in [-0.25, -0.2) is 24.5 Å². The van der Waals surface area contributed by atoms with Crippen LogP contribution in [0.5, 0.6) is 5.75 Å². The van der Waals surface area contributed by atoms with Crippen LogP contribution in [0.25, 0.3) is 6.08 Å². The molecule has 0 atom stereocenters. The molecule has 154 valence electrons. The molecule has 2 amide bonds. The predicted molar refractivity (Wildman–Crippen MR) is 105 cm³/mol. The summed E-state index contributed by atoms with van der Waals surface area (Å²) in [5.74, 6) is -1.45. The summed E-state index contributed by atoms with van der Waals surface area (Å²) in [6.07, 6.45) is -1.66. The number of alkyl carbamates (subject to hydrolysis) is 1. The number of esters is 2. The molecule has 2 aromatic carbocycles. The third-order valence-electron chi connectivity index (χ3n) is 3.62. The lowest BCUT2D eigenvalue weighted by Crippen LogP contribution is -2.31. The van der Waals surface area contributed by atoms with Crippen molar-refractivity contribution in [2.24, 2.45) is 5.73 Å². The maximum Gasteiger partial charge on any atom is 0.424 e. The van der Waals surface area contributed by atoms with Gasteiger partial charge in [0.2, 0.25) is 0 Å². The van der Waals surface area contributed by atoms with E-state index >= 15 is 0 Å². The van der Waals surface area contributed by atoms with Crippen LogP contribution >= 0.6 is 0 Å². The summed E-state index contributed by atoms with van der Waals surface area (Å²) >= 11 is 0. The minimum Gasteiger partial charge on any atom is -0.465 e. The lowest BCUT2D eigenvalue weighted by Gasteiger charge is -2.06. The number of nitrogen functional groups attached to an aromatic ring is 1. The number of carboxylic acid groups (broad SMARTS) is 1. The van der Waals surface area contributed by atoms with Gasteiger partial charge in [0.15, 0.2) is 0 Å². The van der Waals surface area contributed by atoms with Gasteiger partial charge in [-0.05, 0) is 55.0 Å². The minimum atomic E-state index is -1.65. The number of nitrogens with one attached hydrogen (secondary N) is 2. The molecule has 0 fully saturated rings. The van der Waals surface area contributed by atoms with Crippen LogP contribution in [0, 0.1) is 5.41 Å². The lowest BCUT2D eigenvalue weighted by molar-refractivity contribution is -0.132. The molecule has 2 aromatic rings. The first-order chi connectivity index (χ1) is 14.2. The Labute approximate surface area is 170 Å². The van der Waals surface area contributed by atoms with Gasteiger partial charge in [0.05, 0.1) is 5.56 Å². The van der Waals surface area contributed by atoms with Crippen molar-refractivity contribution in [1.29, 1.82) is 5.41 Å². The highest BCUT2D eigenvalue weighted by Gasteiger charge is 2.14. The number of carbonyl (C=O) groups excluding carboxylic acids is 3. The maximum atomic E-state index is 12.2. The number of amides is 2. The van der Waals surface area contributed by atoms with Gasteiger partial charge in [0, 0.05) is 11.1 Å². The van der Waals surface area contributed by atoms with Crippen molar-refractivity contribution in [2.75, 3.05) is 0 Å². The molecule has 0 bridgehead atoms. The second kappa shape index (κ2) is 9.64. The molecule has 0 aliphatic rings. The van der Waals surface area contributed by atoms with Gasteiger partial charge in [-0.3, -0.25) is 5.41 Å². The van der Waals surface area contributed by atoms with E-state index < -0.39 is 24.1 Å². The van der Waals surface area contributed by atoms with Crippen molar-refractivity contribution in [1.82, 2.24) is 5.32 Å². The Kier molecular flexibility index (Phi) is 7.02. The van der Waals surface area contributed by atoms with Gasteiger partial charge >= 0.3 is 24.1 Å². The SMILES string of the molecule is CC(=Cc1ccc(C(=O)Oc2ccc(C(=N)N)cc2)cc1)C(=O)OC(=O)NC(=O)O. The van der Waals surface area contributed by atoms with Crippen LogP contribution in [0.1, 0.15) is 28.4 Å². The Morgan fingerprint density at radius 1 is 1.00 bits per heavy atom. The van der Waals surface area contributed by atoms with Crippen LogP contribution in [-0.2, 0) is 9.53 Å². The van der Waals surface area contributed by atoms with E-state index in [2.05, 4.69) is 4.74 Å². The first kappa shape index (κ1) is 21.8. The fourth-order valence-corrected chi connectivity index (χ4v) is 2.17. The molecular weight excluding hydrogens is 394 g/mol. The maximum absolute atomic E-state index is 12.2. The molecule has 10 nitrogen and oxygen atoms in total. The summed E-state index contributed by atoms with van der Waals surface area (Å²) in [6, 6.07) is 12.2. The highest BCUT2D eigenvalue weighted by Crippen LogP contribution is 2.15. The Morgan fingerprint density at radius 2 is 1.57 bits per heavy atom. The lowest BCUT2D eigenvalue weighted by atomic mass is 10.1. The third kappa shape index (κ3) is 6.30. The number of imide groups is 1. The molecule has 0 heterocycles. The third-order valence-corrected chi connectivity index (χ3v) is 3.62. The van der Waals surface area contributed by atoms with Crippen LogP contribution in [0.2, 0.25) is 0 Å². The zero-order valence-electron chi connectivity index (χ0n) is 15.7. The number of carbonyl (C=O) groups is 4. The summed E-state index contributed by atoms with van der Waals surface area (Å²) in [4.78, 5) is 45.4. The second-order valence-electron chi connectivity index (χ2n) is 5.88. The van der Waals surface area contributed by atoms with Crippen molar-refractivity contribution in [3.05, 3.63) is 70.8 Å². The van der Waals surface area contributed by atoms with E-state index in [0.717, 1.165) is 0 Å². The molecule has 30 heavy (non-hydrogen) atoms. The number of benzene rings is 2. The zero-order chi connectivity index (χ0) is 22.3. The van der Waals surface area contributed by atoms with Crippen molar-refractivity contribution in [3.8, 4) is 5.75 Å². The molecule has 0 aliphatic carbocycles. The van der Waals surface area contributed by atoms with Crippen LogP contribution in [0.15, 0.2) is 54.1 Å². The number of amidine groups is 1. The van der Waals surface area contributed by atoms with E-state index in [9.17, 15) is 19.2 Å². The van der Waals surface area contributed by atoms with E-state index in [0.29, 0.717) is 11.1 Å². The zero-order valence-corrected chi connectivity index (χ0v) is 15.7. The largest absolute Gasteiger partial charge is 0.465 e. The molecule has 0 saturated heterocycles.